The molecule has 2 N–H and O–H groups in total. The molecule has 2 unspecified atom stereocenters. The van der Waals surface area contributed by atoms with Gasteiger partial charge in [0, 0.05) is 17.5 Å². The van der Waals surface area contributed by atoms with Gasteiger partial charge in [-0.1, -0.05) is 0 Å². The molecule has 9 heteroatoms. The number of fused-ring (bicyclic) bond motifs is 1. The van der Waals surface area contributed by atoms with E-state index in [1.54, 1.807) is 27.7 Å². The number of amides is 1. The highest BCUT2D eigenvalue weighted by Crippen LogP contribution is 2.38. The summed E-state index contributed by atoms with van der Waals surface area (Å²) in [6.07, 6.45) is 0.154. The van der Waals surface area contributed by atoms with Gasteiger partial charge in [0.25, 0.3) is 10.1 Å². The van der Waals surface area contributed by atoms with Crippen LogP contribution in [0, 0.1) is 5.82 Å². The normalized spacial score (nSPS) is 17.8. The van der Waals surface area contributed by atoms with Crippen LogP contribution >= 0.6 is 0 Å². The first-order valence-electron chi connectivity index (χ1n) is 8.78. The molecular formula is C18H26FNO6S. The lowest BCUT2D eigenvalue weighted by molar-refractivity contribution is 0.0507. The van der Waals surface area contributed by atoms with E-state index >= 15 is 0 Å². The highest BCUT2D eigenvalue weighted by Gasteiger charge is 2.29. The van der Waals surface area contributed by atoms with E-state index in [4.69, 9.17) is 14.0 Å². The molecule has 0 saturated heterocycles. The van der Waals surface area contributed by atoms with E-state index in [0.29, 0.717) is 29.7 Å². The number of benzene rings is 1. The number of rotatable bonds is 6. The number of hydrogen-bond acceptors (Lipinski definition) is 5. The highest BCUT2D eigenvalue weighted by atomic mass is 32.2. The molecule has 1 heterocycles. The van der Waals surface area contributed by atoms with Gasteiger partial charge in [0.2, 0.25) is 0 Å². The Morgan fingerprint density at radius 1 is 1.44 bits per heavy atom. The Morgan fingerprint density at radius 3 is 2.70 bits per heavy atom. The van der Waals surface area contributed by atoms with Gasteiger partial charge in [-0.05, 0) is 52.7 Å². The molecule has 0 fully saturated rings. The summed E-state index contributed by atoms with van der Waals surface area (Å²) in [5.41, 5.74) is 0.510. The fourth-order valence-electron chi connectivity index (χ4n) is 2.96. The topological polar surface area (TPSA) is 102 Å². The summed E-state index contributed by atoms with van der Waals surface area (Å²) in [5.74, 6) is -0.290. The van der Waals surface area contributed by atoms with E-state index in [2.05, 4.69) is 5.32 Å². The van der Waals surface area contributed by atoms with Crippen LogP contribution in [0.5, 0.6) is 5.75 Å². The number of hydrogen-bond donors (Lipinski definition) is 2. The van der Waals surface area contributed by atoms with Crippen molar-refractivity contribution in [3.63, 3.8) is 0 Å². The Morgan fingerprint density at radius 2 is 2.11 bits per heavy atom. The van der Waals surface area contributed by atoms with Crippen LogP contribution < -0.4 is 10.1 Å². The van der Waals surface area contributed by atoms with Crippen LogP contribution in [0.2, 0.25) is 0 Å². The van der Waals surface area contributed by atoms with Crippen LogP contribution in [-0.4, -0.2) is 36.5 Å². The van der Waals surface area contributed by atoms with Crippen LogP contribution in [0.25, 0.3) is 0 Å². The van der Waals surface area contributed by atoms with Crippen molar-refractivity contribution in [2.45, 2.75) is 64.7 Å². The summed E-state index contributed by atoms with van der Waals surface area (Å²) in [6, 6.07) is 2.14. The molecule has 2 atom stereocenters. The number of ether oxygens (including phenoxy) is 2. The number of carbonyl (C=O) groups excluding carboxylic acids is 1. The lowest BCUT2D eigenvalue weighted by Gasteiger charge is -2.23. The van der Waals surface area contributed by atoms with Crippen LogP contribution in [-0.2, 0) is 21.3 Å². The fraction of sp³-hybridized carbons (Fsp3) is 0.611. The van der Waals surface area contributed by atoms with Crippen molar-refractivity contribution in [2.24, 2.45) is 0 Å². The van der Waals surface area contributed by atoms with Crippen LogP contribution in [0.1, 0.15) is 57.7 Å². The molecule has 2 rings (SSSR count). The molecule has 27 heavy (non-hydrogen) atoms. The molecule has 0 aliphatic carbocycles. The zero-order valence-corrected chi connectivity index (χ0v) is 16.7. The zero-order valence-electron chi connectivity index (χ0n) is 15.9. The predicted molar refractivity (Wildman–Crippen MR) is 98.0 cm³/mol. The van der Waals surface area contributed by atoms with Crippen molar-refractivity contribution in [3.05, 3.63) is 29.1 Å². The molecule has 1 aliphatic rings. The molecule has 1 aromatic carbocycles. The summed E-state index contributed by atoms with van der Waals surface area (Å²) >= 11 is 0. The molecule has 1 amide bonds. The van der Waals surface area contributed by atoms with Gasteiger partial charge in [0.05, 0.1) is 11.8 Å². The fourth-order valence-corrected chi connectivity index (χ4v) is 3.49. The molecule has 1 aromatic rings. The molecule has 7 nitrogen and oxygen atoms in total. The third kappa shape index (κ3) is 6.66. The minimum Gasteiger partial charge on any atom is -0.489 e. The third-order valence-corrected chi connectivity index (χ3v) is 4.82. The van der Waals surface area contributed by atoms with Gasteiger partial charge < -0.3 is 14.8 Å². The average molecular weight is 403 g/mol. The number of alkyl carbamates (subject to hydrolysis) is 1. The second kappa shape index (κ2) is 8.02. The SMILES string of the molecule is CC(NC(=O)OC(C)(C)C)c1cc(F)cc2c1OC(CCCS(=O)(=O)O)C2. The molecule has 0 saturated carbocycles. The Bertz CT molecular complexity index is 803. The van der Waals surface area contributed by atoms with Crippen molar-refractivity contribution >= 4 is 16.2 Å². The smallest absolute Gasteiger partial charge is 0.408 e. The molecule has 0 aromatic heterocycles. The van der Waals surface area contributed by atoms with Gasteiger partial charge in [0.1, 0.15) is 23.3 Å². The maximum absolute atomic E-state index is 14.0. The van der Waals surface area contributed by atoms with Crippen LogP contribution in [0.4, 0.5) is 9.18 Å². The van der Waals surface area contributed by atoms with Crippen LogP contribution in [0.15, 0.2) is 12.1 Å². The summed E-state index contributed by atoms with van der Waals surface area (Å²) in [4.78, 5) is 12.0. The molecule has 0 spiro atoms. The van der Waals surface area contributed by atoms with Gasteiger partial charge in [-0.25, -0.2) is 9.18 Å². The van der Waals surface area contributed by atoms with Crippen molar-refractivity contribution in [2.75, 3.05) is 5.75 Å². The minimum atomic E-state index is -4.02. The molecule has 152 valence electrons. The van der Waals surface area contributed by atoms with E-state index in [9.17, 15) is 17.6 Å². The minimum absolute atomic E-state index is 0.237. The Kier molecular flexibility index (Phi) is 6.36. The third-order valence-electron chi connectivity index (χ3n) is 4.02. The molecule has 0 radical (unpaired) electrons. The van der Waals surface area contributed by atoms with Crippen molar-refractivity contribution in [1.82, 2.24) is 5.32 Å². The number of carbonyl (C=O) groups is 1. The van der Waals surface area contributed by atoms with Crippen LogP contribution in [0.3, 0.4) is 0 Å². The maximum Gasteiger partial charge on any atom is 0.408 e. The standard InChI is InChI=1S/C18H26FNO6S/c1-11(20-17(21)26-18(2,3)4)15-10-13(19)8-12-9-14(25-16(12)15)6-5-7-27(22,23)24/h8,10-11,14H,5-7,9H2,1-4H3,(H,20,21)(H,22,23,24). The summed E-state index contributed by atoms with van der Waals surface area (Å²) in [5, 5.41) is 2.67. The summed E-state index contributed by atoms with van der Waals surface area (Å²) in [7, 11) is -4.02. The molecular weight excluding hydrogens is 377 g/mol. The molecule has 0 bridgehead atoms. The van der Waals surface area contributed by atoms with Gasteiger partial charge in [-0.15, -0.1) is 0 Å². The monoisotopic (exact) mass is 403 g/mol. The first kappa shape index (κ1) is 21.4. The van der Waals surface area contributed by atoms with Gasteiger partial charge >= 0.3 is 6.09 Å². The Hall–Kier alpha value is -1.87. The van der Waals surface area contributed by atoms with Gasteiger partial charge in [0.15, 0.2) is 0 Å². The van der Waals surface area contributed by atoms with E-state index in [1.807, 2.05) is 0 Å². The first-order chi connectivity index (χ1) is 12.3. The second-order valence-electron chi connectivity index (χ2n) is 7.72. The van der Waals surface area contributed by atoms with E-state index < -0.39 is 33.7 Å². The zero-order chi connectivity index (χ0) is 20.4. The van der Waals surface area contributed by atoms with Crippen molar-refractivity contribution in [3.8, 4) is 5.75 Å². The largest absolute Gasteiger partial charge is 0.489 e. The Labute approximate surface area is 159 Å². The Balaban J connectivity index is 2.08. The lowest BCUT2D eigenvalue weighted by Crippen LogP contribution is -2.34. The summed E-state index contributed by atoms with van der Waals surface area (Å²) in [6.45, 7) is 6.94. The number of nitrogens with one attached hydrogen (secondary N) is 1. The van der Waals surface area contributed by atoms with E-state index in [-0.39, 0.29) is 18.3 Å². The average Bonchev–Trinajstić information content (AvgIpc) is 2.85. The molecule has 1 aliphatic heterocycles. The highest BCUT2D eigenvalue weighted by molar-refractivity contribution is 7.85. The first-order valence-corrected chi connectivity index (χ1v) is 10.4. The number of halogens is 1. The van der Waals surface area contributed by atoms with E-state index in [0.717, 1.165) is 0 Å². The van der Waals surface area contributed by atoms with Gasteiger partial charge in [-0.2, -0.15) is 8.42 Å². The van der Waals surface area contributed by atoms with E-state index in [1.165, 1.54) is 12.1 Å². The maximum atomic E-state index is 14.0. The second-order valence-corrected chi connectivity index (χ2v) is 9.30. The lowest BCUT2D eigenvalue weighted by atomic mass is 10.0. The van der Waals surface area contributed by atoms with Crippen molar-refractivity contribution < 1.29 is 31.6 Å². The van der Waals surface area contributed by atoms with Gasteiger partial charge in [-0.3, -0.25) is 4.55 Å². The summed E-state index contributed by atoms with van der Waals surface area (Å²) < 4.78 is 55.6. The predicted octanol–water partition coefficient (Wildman–Crippen LogP) is 3.38. The quantitative estimate of drug-likeness (QED) is 0.706. The van der Waals surface area contributed by atoms with Crippen molar-refractivity contribution in [1.29, 1.82) is 0 Å².